The molecule has 3 heteroatoms. The van der Waals surface area contributed by atoms with Crippen LogP contribution in [0.15, 0.2) is 23.8 Å². The van der Waals surface area contributed by atoms with Gasteiger partial charge in [0.05, 0.1) is 7.11 Å². The molecule has 0 heterocycles. The normalized spacial score (nSPS) is 18.5. The Balaban J connectivity index is 2.20. The Labute approximate surface area is 147 Å². The first-order valence-electron chi connectivity index (χ1n) is 9.68. The van der Waals surface area contributed by atoms with Gasteiger partial charge in [-0.05, 0) is 31.8 Å². The van der Waals surface area contributed by atoms with Crippen LogP contribution in [0.3, 0.4) is 0 Å². The summed E-state index contributed by atoms with van der Waals surface area (Å²) < 4.78 is 4.63. The number of hydrogen-bond acceptors (Lipinski definition) is 3. The van der Waals surface area contributed by atoms with Gasteiger partial charge in [0, 0.05) is 17.9 Å². The van der Waals surface area contributed by atoms with Gasteiger partial charge in [-0.2, -0.15) is 0 Å². The van der Waals surface area contributed by atoms with E-state index in [1.165, 1.54) is 45.6 Å². The summed E-state index contributed by atoms with van der Waals surface area (Å²) in [7, 11) is 1.43. The Hall–Kier alpha value is -1.38. The Morgan fingerprint density at radius 3 is 2.54 bits per heavy atom. The van der Waals surface area contributed by atoms with E-state index >= 15 is 0 Å². The highest BCUT2D eigenvalue weighted by atomic mass is 16.5. The van der Waals surface area contributed by atoms with Gasteiger partial charge >= 0.3 is 5.97 Å². The SMILES string of the molecule is CCCCCCCCC1C=CC(=O)/C1=C/CCCCCC(=O)OC. The van der Waals surface area contributed by atoms with Crippen LogP contribution in [0.5, 0.6) is 0 Å². The molecule has 1 rings (SSSR count). The van der Waals surface area contributed by atoms with Gasteiger partial charge in [-0.1, -0.05) is 64.0 Å². The first kappa shape index (κ1) is 20.7. The summed E-state index contributed by atoms with van der Waals surface area (Å²) in [4.78, 5) is 23.0. The molecule has 0 fully saturated rings. The Morgan fingerprint density at radius 1 is 1.08 bits per heavy atom. The molecule has 1 unspecified atom stereocenters. The Bertz CT molecular complexity index is 434. The monoisotopic (exact) mass is 334 g/mol. The molecular formula is C21H34O3. The Kier molecular flexibility index (Phi) is 11.2. The molecule has 136 valence electrons. The number of methoxy groups -OCH3 is 1. The van der Waals surface area contributed by atoms with Crippen molar-refractivity contribution in [2.45, 2.75) is 84.0 Å². The van der Waals surface area contributed by atoms with Crippen LogP contribution in [0.25, 0.3) is 0 Å². The largest absolute Gasteiger partial charge is 0.469 e. The van der Waals surface area contributed by atoms with E-state index in [0.29, 0.717) is 12.3 Å². The van der Waals surface area contributed by atoms with Gasteiger partial charge in [0.2, 0.25) is 0 Å². The van der Waals surface area contributed by atoms with Crippen LogP contribution in [0.1, 0.15) is 84.0 Å². The topological polar surface area (TPSA) is 43.4 Å². The predicted molar refractivity (Wildman–Crippen MR) is 98.8 cm³/mol. The van der Waals surface area contributed by atoms with E-state index in [-0.39, 0.29) is 11.8 Å². The summed E-state index contributed by atoms with van der Waals surface area (Å²) in [5.74, 6) is 0.391. The standard InChI is InChI=1S/C21H34O3/c1-3-4-5-6-7-10-13-18-16-17-20(22)19(18)14-11-8-9-12-15-21(23)24-2/h14,16-18H,3-13,15H2,1-2H3/b19-14+. The summed E-state index contributed by atoms with van der Waals surface area (Å²) in [6.07, 6.45) is 19.1. The molecule has 3 nitrogen and oxygen atoms in total. The molecule has 0 aromatic heterocycles. The highest BCUT2D eigenvalue weighted by molar-refractivity contribution is 6.07. The van der Waals surface area contributed by atoms with Crippen molar-refractivity contribution in [1.29, 1.82) is 0 Å². The lowest BCUT2D eigenvalue weighted by Gasteiger charge is -2.10. The quantitative estimate of drug-likeness (QED) is 0.252. The fraction of sp³-hybridized carbons (Fsp3) is 0.714. The van der Waals surface area contributed by atoms with Crippen molar-refractivity contribution in [3.63, 3.8) is 0 Å². The summed E-state index contributed by atoms with van der Waals surface area (Å²) in [6.45, 7) is 2.24. The van der Waals surface area contributed by atoms with E-state index in [1.807, 2.05) is 0 Å². The molecule has 0 amide bonds. The molecule has 0 aromatic rings. The van der Waals surface area contributed by atoms with Crippen molar-refractivity contribution in [2.24, 2.45) is 5.92 Å². The average Bonchev–Trinajstić information content (AvgIpc) is 2.94. The molecule has 0 aliphatic heterocycles. The highest BCUT2D eigenvalue weighted by Gasteiger charge is 2.21. The van der Waals surface area contributed by atoms with Crippen molar-refractivity contribution in [3.05, 3.63) is 23.8 Å². The van der Waals surface area contributed by atoms with Crippen LogP contribution >= 0.6 is 0 Å². The number of hydrogen-bond donors (Lipinski definition) is 0. The Morgan fingerprint density at radius 2 is 1.79 bits per heavy atom. The minimum atomic E-state index is -0.137. The zero-order valence-electron chi connectivity index (χ0n) is 15.5. The molecule has 1 atom stereocenters. The molecule has 0 aromatic carbocycles. The number of ketones is 1. The summed E-state index contributed by atoms with van der Waals surface area (Å²) in [5.41, 5.74) is 0.997. The number of rotatable bonds is 13. The fourth-order valence-electron chi connectivity index (χ4n) is 3.18. The summed E-state index contributed by atoms with van der Waals surface area (Å²) in [6, 6.07) is 0. The van der Waals surface area contributed by atoms with Gasteiger partial charge in [-0.3, -0.25) is 9.59 Å². The van der Waals surface area contributed by atoms with Crippen LogP contribution in [-0.2, 0) is 14.3 Å². The molecule has 0 N–H and O–H groups in total. The molecule has 0 radical (unpaired) electrons. The zero-order valence-corrected chi connectivity index (χ0v) is 15.5. The number of unbranched alkanes of at least 4 members (excludes halogenated alkanes) is 8. The molecule has 24 heavy (non-hydrogen) atoms. The van der Waals surface area contributed by atoms with Crippen LogP contribution in [0, 0.1) is 5.92 Å². The second kappa shape index (κ2) is 13.0. The molecule has 1 aliphatic carbocycles. The van der Waals surface area contributed by atoms with Gasteiger partial charge in [-0.15, -0.1) is 0 Å². The van der Waals surface area contributed by atoms with Gasteiger partial charge in [0.1, 0.15) is 0 Å². The third-order valence-corrected chi connectivity index (χ3v) is 4.71. The van der Waals surface area contributed by atoms with Crippen molar-refractivity contribution in [1.82, 2.24) is 0 Å². The smallest absolute Gasteiger partial charge is 0.305 e. The van der Waals surface area contributed by atoms with E-state index in [0.717, 1.165) is 37.7 Å². The van der Waals surface area contributed by atoms with Crippen LogP contribution in [0.4, 0.5) is 0 Å². The maximum absolute atomic E-state index is 12.0. The second-order valence-electron chi connectivity index (χ2n) is 6.72. The maximum atomic E-state index is 12.0. The van der Waals surface area contributed by atoms with Crippen molar-refractivity contribution in [3.8, 4) is 0 Å². The van der Waals surface area contributed by atoms with Gasteiger partial charge in [-0.25, -0.2) is 0 Å². The van der Waals surface area contributed by atoms with Gasteiger partial charge in [0.15, 0.2) is 5.78 Å². The van der Waals surface area contributed by atoms with E-state index in [4.69, 9.17) is 0 Å². The number of esters is 1. The van der Waals surface area contributed by atoms with Crippen molar-refractivity contribution >= 4 is 11.8 Å². The third-order valence-electron chi connectivity index (χ3n) is 4.71. The van der Waals surface area contributed by atoms with Crippen molar-refractivity contribution in [2.75, 3.05) is 7.11 Å². The lowest BCUT2D eigenvalue weighted by atomic mass is 9.94. The lowest BCUT2D eigenvalue weighted by Crippen LogP contribution is -2.03. The second-order valence-corrected chi connectivity index (χ2v) is 6.72. The molecule has 0 spiro atoms. The number of carbonyl (C=O) groups excluding carboxylic acids is 2. The first-order valence-corrected chi connectivity index (χ1v) is 9.68. The maximum Gasteiger partial charge on any atom is 0.305 e. The first-order chi connectivity index (χ1) is 11.7. The van der Waals surface area contributed by atoms with E-state index in [1.54, 1.807) is 6.08 Å². The highest BCUT2D eigenvalue weighted by Crippen LogP contribution is 2.27. The minimum Gasteiger partial charge on any atom is -0.469 e. The lowest BCUT2D eigenvalue weighted by molar-refractivity contribution is -0.140. The molecular weight excluding hydrogens is 300 g/mol. The molecule has 1 aliphatic rings. The van der Waals surface area contributed by atoms with Crippen LogP contribution in [0.2, 0.25) is 0 Å². The van der Waals surface area contributed by atoms with Crippen LogP contribution in [-0.4, -0.2) is 18.9 Å². The fourth-order valence-corrected chi connectivity index (χ4v) is 3.18. The predicted octanol–water partition coefficient (Wildman–Crippen LogP) is 5.54. The summed E-state index contributed by atoms with van der Waals surface area (Å²) >= 11 is 0. The number of carbonyl (C=O) groups is 2. The van der Waals surface area contributed by atoms with E-state index < -0.39 is 0 Å². The van der Waals surface area contributed by atoms with E-state index in [2.05, 4.69) is 23.8 Å². The van der Waals surface area contributed by atoms with Gasteiger partial charge in [0.25, 0.3) is 0 Å². The molecule has 0 saturated heterocycles. The molecule has 0 saturated carbocycles. The molecule has 0 bridgehead atoms. The van der Waals surface area contributed by atoms with Crippen LogP contribution < -0.4 is 0 Å². The summed E-state index contributed by atoms with van der Waals surface area (Å²) in [5, 5.41) is 0. The van der Waals surface area contributed by atoms with Gasteiger partial charge < -0.3 is 4.74 Å². The average molecular weight is 335 g/mol. The number of ether oxygens (including phenoxy) is 1. The van der Waals surface area contributed by atoms with E-state index in [9.17, 15) is 9.59 Å². The zero-order chi connectivity index (χ0) is 17.6. The van der Waals surface area contributed by atoms with Crippen molar-refractivity contribution < 1.29 is 14.3 Å². The third kappa shape index (κ3) is 8.47. The number of allylic oxidation sites excluding steroid dienone is 4. The minimum absolute atomic E-state index is 0.137.